The summed E-state index contributed by atoms with van der Waals surface area (Å²) in [7, 11) is -2.50. The zero-order valence-electron chi connectivity index (χ0n) is 10.8. The molecule has 1 rings (SSSR count). The number of rotatable bonds is 7. The van der Waals surface area contributed by atoms with Crippen molar-refractivity contribution in [3.8, 4) is 0 Å². The Morgan fingerprint density at radius 1 is 1.30 bits per heavy atom. The van der Waals surface area contributed by atoms with Gasteiger partial charge >= 0.3 is 11.9 Å². The quantitative estimate of drug-likeness (QED) is 0.729. The molecule has 0 amide bonds. The van der Waals surface area contributed by atoms with Crippen molar-refractivity contribution < 1.29 is 27.9 Å². The van der Waals surface area contributed by atoms with E-state index in [-0.39, 0.29) is 29.8 Å². The lowest BCUT2D eigenvalue weighted by atomic mass is 10.2. The van der Waals surface area contributed by atoms with E-state index >= 15 is 0 Å². The fraction of sp³-hybridized carbons (Fsp3) is 0.333. The van der Waals surface area contributed by atoms with Gasteiger partial charge in [-0.15, -0.1) is 0 Å². The lowest BCUT2D eigenvalue weighted by Gasteiger charge is -2.10. The molecule has 0 aliphatic carbocycles. The number of carbonyl (C=O) groups is 2. The van der Waals surface area contributed by atoms with Crippen molar-refractivity contribution >= 4 is 27.6 Å². The molecule has 8 heteroatoms. The molecule has 0 saturated carbocycles. The van der Waals surface area contributed by atoms with E-state index in [1.165, 1.54) is 31.4 Å². The predicted octanol–water partition coefficient (Wildman–Crippen LogP) is 1.08. The van der Waals surface area contributed by atoms with Crippen LogP contribution in [0, 0.1) is 0 Å². The van der Waals surface area contributed by atoms with Gasteiger partial charge in [0.2, 0.25) is 10.0 Å². The molecular formula is C12H15NO6S. The highest BCUT2D eigenvalue weighted by molar-refractivity contribution is 7.92. The molecule has 0 aliphatic heterocycles. The summed E-state index contributed by atoms with van der Waals surface area (Å²) in [5, 5.41) is 8.95. The number of carbonyl (C=O) groups excluding carboxylic acids is 1. The smallest absolute Gasteiger partial charge is 0.337 e. The third-order valence-corrected chi connectivity index (χ3v) is 3.80. The third-order valence-electron chi connectivity index (χ3n) is 2.44. The van der Waals surface area contributed by atoms with Crippen LogP contribution in [0.3, 0.4) is 0 Å². The molecule has 0 aliphatic rings. The predicted molar refractivity (Wildman–Crippen MR) is 72.1 cm³/mol. The molecule has 2 N–H and O–H groups in total. The lowest BCUT2D eigenvalue weighted by molar-refractivity contribution is -0.140. The summed E-state index contributed by atoms with van der Waals surface area (Å²) in [6.45, 7) is 0. The lowest BCUT2D eigenvalue weighted by Crippen LogP contribution is -2.19. The van der Waals surface area contributed by atoms with Gasteiger partial charge in [-0.1, -0.05) is 12.1 Å². The van der Waals surface area contributed by atoms with E-state index in [2.05, 4.69) is 9.46 Å². The van der Waals surface area contributed by atoms with Gasteiger partial charge in [-0.05, 0) is 18.6 Å². The van der Waals surface area contributed by atoms with Crippen molar-refractivity contribution in [1.82, 2.24) is 0 Å². The minimum atomic E-state index is -3.72. The van der Waals surface area contributed by atoms with Gasteiger partial charge in [-0.2, -0.15) is 0 Å². The fourth-order valence-electron chi connectivity index (χ4n) is 1.49. The zero-order valence-corrected chi connectivity index (χ0v) is 11.6. The first-order chi connectivity index (χ1) is 9.35. The van der Waals surface area contributed by atoms with Crippen LogP contribution in [-0.4, -0.2) is 38.3 Å². The van der Waals surface area contributed by atoms with E-state index in [4.69, 9.17) is 5.11 Å². The number of aromatic carboxylic acids is 1. The number of methoxy groups -OCH3 is 1. The Bertz CT molecular complexity index is 596. The Labute approximate surface area is 116 Å². The van der Waals surface area contributed by atoms with Crippen molar-refractivity contribution in [3.63, 3.8) is 0 Å². The number of para-hydroxylation sites is 1. The van der Waals surface area contributed by atoms with Crippen LogP contribution in [0.25, 0.3) is 0 Å². The summed E-state index contributed by atoms with van der Waals surface area (Å²) in [5.41, 5.74) is -0.137. The summed E-state index contributed by atoms with van der Waals surface area (Å²) in [6, 6.07) is 5.69. The van der Waals surface area contributed by atoms with Crippen LogP contribution in [0.1, 0.15) is 23.2 Å². The van der Waals surface area contributed by atoms with Crippen molar-refractivity contribution in [3.05, 3.63) is 29.8 Å². The number of carboxylic acid groups (broad SMARTS) is 1. The Morgan fingerprint density at radius 2 is 1.95 bits per heavy atom. The summed E-state index contributed by atoms with van der Waals surface area (Å²) in [4.78, 5) is 21.8. The highest BCUT2D eigenvalue weighted by Gasteiger charge is 2.16. The number of ether oxygens (including phenoxy) is 1. The van der Waals surface area contributed by atoms with E-state index in [1.54, 1.807) is 0 Å². The monoisotopic (exact) mass is 301 g/mol. The van der Waals surface area contributed by atoms with Gasteiger partial charge in [0.05, 0.1) is 24.1 Å². The number of sulfonamides is 1. The molecule has 0 bridgehead atoms. The van der Waals surface area contributed by atoms with Gasteiger partial charge in [0.1, 0.15) is 0 Å². The first-order valence-corrected chi connectivity index (χ1v) is 7.40. The standard InChI is InChI=1S/C12H15NO6S/c1-19-11(14)7-4-8-20(17,18)13-10-6-3-2-5-9(10)12(15)16/h2-3,5-6,13H,4,7-8H2,1H3,(H,15,16). The van der Waals surface area contributed by atoms with E-state index < -0.39 is 22.0 Å². The van der Waals surface area contributed by atoms with Crippen molar-refractivity contribution in [2.24, 2.45) is 0 Å². The van der Waals surface area contributed by atoms with Crippen LogP contribution in [0.4, 0.5) is 5.69 Å². The summed E-state index contributed by atoms with van der Waals surface area (Å²) in [5.74, 6) is -2.01. The number of hydrogen-bond acceptors (Lipinski definition) is 5. The van der Waals surface area contributed by atoms with Gasteiger partial charge in [-0.3, -0.25) is 9.52 Å². The maximum absolute atomic E-state index is 11.8. The topological polar surface area (TPSA) is 110 Å². The van der Waals surface area contributed by atoms with E-state index in [1.807, 2.05) is 0 Å². The fourth-order valence-corrected chi connectivity index (χ4v) is 2.63. The number of hydrogen-bond donors (Lipinski definition) is 2. The van der Waals surface area contributed by atoms with E-state index in [9.17, 15) is 18.0 Å². The van der Waals surface area contributed by atoms with Crippen molar-refractivity contribution in [2.75, 3.05) is 17.6 Å². The number of nitrogens with one attached hydrogen (secondary N) is 1. The minimum absolute atomic E-state index is 0.00179. The zero-order chi connectivity index (χ0) is 15.2. The average Bonchev–Trinajstić information content (AvgIpc) is 2.38. The second-order valence-corrected chi connectivity index (χ2v) is 5.79. The van der Waals surface area contributed by atoms with Gasteiger partial charge in [-0.25, -0.2) is 13.2 Å². The second-order valence-electron chi connectivity index (χ2n) is 3.95. The maximum atomic E-state index is 11.8. The van der Waals surface area contributed by atoms with Crippen molar-refractivity contribution in [1.29, 1.82) is 0 Å². The van der Waals surface area contributed by atoms with Gasteiger partial charge in [0.25, 0.3) is 0 Å². The SMILES string of the molecule is COC(=O)CCCS(=O)(=O)Nc1ccccc1C(=O)O. The molecule has 0 unspecified atom stereocenters. The first-order valence-electron chi connectivity index (χ1n) is 5.75. The average molecular weight is 301 g/mol. The molecule has 0 heterocycles. The summed E-state index contributed by atoms with van der Waals surface area (Å²) < 4.78 is 30.2. The minimum Gasteiger partial charge on any atom is -0.478 e. The van der Waals surface area contributed by atoms with Crippen LogP contribution in [0.2, 0.25) is 0 Å². The van der Waals surface area contributed by atoms with Crippen LogP contribution in [0.5, 0.6) is 0 Å². The van der Waals surface area contributed by atoms with Gasteiger partial charge in [0.15, 0.2) is 0 Å². The number of carboxylic acids is 1. The first kappa shape index (κ1) is 16.0. The molecule has 0 radical (unpaired) electrons. The summed E-state index contributed by atoms with van der Waals surface area (Å²) in [6.07, 6.45) is 0.0786. The Kier molecular flexibility index (Phi) is 5.51. The van der Waals surface area contributed by atoms with Gasteiger partial charge in [0, 0.05) is 6.42 Å². The molecule has 110 valence electrons. The van der Waals surface area contributed by atoms with E-state index in [0.29, 0.717) is 0 Å². The molecule has 20 heavy (non-hydrogen) atoms. The van der Waals surface area contributed by atoms with Gasteiger partial charge < -0.3 is 9.84 Å². The third kappa shape index (κ3) is 4.88. The molecule has 0 spiro atoms. The molecule has 7 nitrogen and oxygen atoms in total. The highest BCUT2D eigenvalue weighted by Crippen LogP contribution is 2.17. The molecule has 0 fully saturated rings. The van der Waals surface area contributed by atoms with E-state index in [0.717, 1.165) is 0 Å². The largest absolute Gasteiger partial charge is 0.478 e. The Balaban J connectivity index is 2.72. The normalized spacial score (nSPS) is 10.8. The molecule has 0 saturated heterocycles. The molecule has 1 aromatic rings. The molecule has 0 aromatic heterocycles. The van der Waals surface area contributed by atoms with Crippen LogP contribution >= 0.6 is 0 Å². The second kappa shape index (κ2) is 6.90. The maximum Gasteiger partial charge on any atom is 0.337 e. The van der Waals surface area contributed by atoms with Crippen molar-refractivity contribution in [2.45, 2.75) is 12.8 Å². The molecule has 1 aromatic carbocycles. The highest BCUT2D eigenvalue weighted by atomic mass is 32.2. The molecular weight excluding hydrogens is 286 g/mol. The number of anilines is 1. The number of esters is 1. The van der Waals surface area contributed by atoms with Crippen LogP contribution in [0.15, 0.2) is 24.3 Å². The van der Waals surface area contributed by atoms with Crippen LogP contribution in [-0.2, 0) is 19.6 Å². The summed E-state index contributed by atoms with van der Waals surface area (Å²) >= 11 is 0. The van der Waals surface area contributed by atoms with Crippen LogP contribution < -0.4 is 4.72 Å². The molecule has 0 atom stereocenters. The Morgan fingerprint density at radius 3 is 2.55 bits per heavy atom. The number of benzene rings is 1. The Hall–Kier alpha value is -2.09.